The number of carbonyl (C=O) groups is 3. The highest BCUT2D eigenvalue weighted by Crippen LogP contribution is 2.45. The molecule has 0 aliphatic rings. The van der Waals surface area contributed by atoms with E-state index in [1.54, 1.807) is 14.2 Å². The van der Waals surface area contributed by atoms with Crippen LogP contribution in [-0.2, 0) is 57.7 Å². The van der Waals surface area contributed by atoms with E-state index >= 15 is 0 Å². The van der Waals surface area contributed by atoms with Gasteiger partial charge in [0.25, 0.3) is 0 Å². The quantitative estimate of drug-likeness (QED) is 0.0899. The summed E-state index contributed by atoms with van der Waals surface area (Å²) in [6, 6.07) is 15.6. The molecule has 2 aromatic carbocycles. The Kier molecular flexibility index (Phi) is 21.9. The summed E-state index contributed by atoms with van der Waals surface area (Å²) >= 11 is 6.78. The minimum atomic E-state index is -1.14. The number of aromatic nitrogens is 6. The SMILES string of the molecule is CCn1c(C)c(C)c2c(-c3ccc(OC)cc3)c(C(OC(C)(C)C)C(=O)O)c(C)nc21.CCn1c(C)c(C)c2c(-c3ccc(OC)cc3)c(C(OC(C)(C)C)C(=O)OC)c(C)nc21.CCn1c(C)c(C)c2c(Cl)c(C(OC(C)(C)C)C(=O)OC)c(C)nc21. The van der Waals surface area contributed by atoms with Gasteiger partial charge in [-0.2, -0.15) is 0 Å². The van der Waals surface area contributed by atoms with Crippen molar-refractivity contribution < 1.29 is 52.6 Å². The summed E-state index contributed by atoms with van der Waals surface area (Å²) in [5, 5.41) is 13.5. The third-order valence-electron chi connectivity index (χ3n) is 15.9. The Morgan fingerprint density at radius 3 is 1.05 bits per heavy atom. The molecule has 8 aromatic rings. The highest BCUT2D eigenvalue weighted by Gasteiger charge is 2.37. The molecule has 476 valence electrons. The van der Waals surface area contributed by atoms with Crippen LogP contribution in [-0.4, -0.2) is 96.9 Å². The summed E-state index contributed by atoms with van der Waals surface area (Å²) in [7, 11) is 6.01. The number of hydrogen-bond acceptors (Lipinski definition) is 13. The first-order valence-corrected chi connectivity index (χ1v) is 30.3. The first-order valence-electron chi connectivity index (χ1n) is 29.9. The van der Waals surface area contributed by atoms with Crippen molar-refractivity contribution in [3.8, 4) is 33.8 Å². The lowest BCUT2D eigenvalue weighted by molar-refractivity contribution is -0.164. The van der Waals surface area contributed by atoms with Gasteiger partial charge in [0.15, 0.2) is 18.3 Å². The Morgan fingerprint density at radius 1 is 0.466 bits per heavy atom. The lowest BCUT2D eigenvalue weighted by Gasteiger charge is -2.28. The molecule has 88 heavy (non-hydrogen) atoms. The van der Waals surface area contributed by atoms with E-state index < -0.39 is 53.0 Å². The second kappa shape index (κ2) is 27.6. The molecule has 0 spiro atoms. The van der Waals surface area contributed by atoms with Gasteiger partial charge in [-0.3, -0.25) is 0 Å². The molecule has 0 amide bonds. The number of esters is 2. The number of methoxy groups -OCH3 is 4. The standard InChI is InChI=1S/C26H34N2O4.C25H32N2O4.C19H27ClN2O3/c1-10-28-17(4)15(2)20-22(18-11-13-19(30-8)14-12-18)21(16(3)27-24(20)28)23(25(29)31-9)32-26(5,6)7;1-9-27-16(4)14(2)19-21(17-10-12-18(30-8)13-11-17)20(15(3)26-23(19)27)22(24(28)29)31-25(5,6)7;1-9-22-12(4)10(2)13-15(20)14(11(3)21-17(13)22)16(18(23)24-8)25-19(5,6)7/h11-14,23H,10H2,1-9H3;10-13,22H,9H2,1-8H3,(H,28,29);16H,9H2,1-8H3. The summed E-state index contributed by atoms with van der Waals surface area (Å²) in [4.78, 5) is 52.4. The zero-order chi connectivity index (χ0) is 66.0. The molecule has 6 heterocycles. The molecule has 0 aliphatic heterocycles. The lowest BCUT2D eigenvalue weighted by Crippen LogP contribution is -2.29. The number of carbonyl (C=O) groups excluding carboxylic acids is 2. The minimum Gasteiger partial charge on any atom is -0.497 e. The van der Waals surface area contributed by atoms with E-state index in [-0.39, 0.29) is 0 Å². The van der Waals surface area contributed by atoms with Crippen LogP contribution >= 0.6 is 11.6 Å². The fraction of sp³-hybridized carbons (Fsp3) is 0.486. The van der Waals surface area contributed by atoms with Gasteiger partial charge in [0.05, 0.1) is 50.3 Å². The van der Waals surface area contributed by atoms with Crippen molar-refractivity contribution in [2.45, 2.75) is 200 Å². The number of carboxylic acid groups (broad SMARTS) is 1. The summed E-state index contributed by atoms with van der Waals surface area (Å²) in [6.45, 7) is 43.8. The number of nitrogens with zero attached hydrogens (tertiary/aromatic N) is 6. The van der Waals surface area contributed by atoms with Crippen molar-refractivity contribution in [3.05, 3.63) is 121 Å². The fourth-order valence-corrected chi connectivity index (χ4v) is 12.0. The molecule has 3 atom stereocenters. The lowest BCUT2D eigenvalue weighted by atomic mass is 9.91. The number of benzene rings is 2. The maximum atomic E-state index is 13.0. The average molecular weight is 1230 g/mol. The van der Waals surface area contributed by atoms with Crippen molar-refractivity contribution >= 4 is 62.6 Å². The van der Waals surface area contributed by atoms with Gasteiger partial charge in [-0.1, -0.05) is 35.9 Å². The Hall–Kier alpha value is -7.31. The summed E-state index contributed by atoms with van der Waals surface area (Å²) in [5.41, 5.74) is 15.2. The van der Waals surface area contributed by atoms with Crippen LogP contribution in [0.4, 0.5) is 0 Å². The van der Waals surface area contributed by atoms with E-state index in [0.717, 1.165) is 132 Å². The normalized spacial score (nSPS) is 13.0. The van der Waals surface area contributed by atoms with Crippen LogP contribution in [0, 0.1) is 62.3 Å². The monoisotopic (exact) mass is 1230 g/mol. The van der Waals surface area contributed by atoms with Gasteiger partial charge in [-0.15, -0.1) is 0 Å². The number of rotatable bonds is 16. The number of pyridine rings is 3. The maximum Gasteiger partial charge on any atom is 0.339 e. The number of fused-ring (bicyclic) bond motifs is 3. The van der Waals surface area contributed by atoms with E-state index in [1.165, 1.54) is 14.2 Å². The third-order valence-corrected chi connectivity index (χ3v) is 16.2. The summed E-state index contributed by atoms with van der Waals surface area (Å²) < 4.78 is 45.7. The number of hydrogen-bond donors (Lipinski definition) is 1. The van der Waals surface area contributed by atoms with Crippen LogP contribution in [0.3, 0.4) is 0 Å². The molecular weight excluding hydrogens is 1140 g/mol. The Labute approximate surface area is 525 Å². The molecule has 0 radical (unpaired) electrons. The van der Waals surface area contributed by atoms with Crippen LogP contribution in [0.2, 0.25) is 5.02 Å². The molecular formula is C70H93ClN6O11. The smallest absolute Gasteiger partial charge is 0.339 e. The molecule has 6 aromatic heterocycles. The van der Waals surface area contributed by atoms with Gasteiger partial charge in [0.1, 0.15) is 28.4 Å². The van der Waals surface area contributed by atoms with Crippen LogP contribution in [0.1, 0.15) is 169 Å². The molecule has 0 fully saturated rings. The first kappa shape index (κ1) is 69.8. The zero-order valence-corrected chi connectivity index (χ0v) is 57.3. The van der Waals surface area contributed by atoms with Gasteiger partial charge < -0.3 is 52.0 Å². The predicted molar refractivity (Wildman–Crippen MR) is 350 cm³/mol. The van der Waals surface area contributed by atoms with Crippen LogP contribution in [0.15, 0.2) is 48.5 Å². The number of ether oxygens (including phenoxy) is 7. The molecule has 0 aliphatic carbocycles. The zero-order valence-electron chi connectivity index (χ0n) is 56.6. The molecule has 0 bridgehead atoms. The van der Waals surface area contributed by atoms with Crippen molar-refractivity contribution in [1.82, 2.24) is 28.7 Å². The van der Waals surface area contributed by atoms with Crippen LogP contribution < -0.4 is 9.47 Å². The predicted octanol–water partition coefficient (Wildman–Crippen LogP) is 15.9. The van der Waals surface area contributed by atoms with Crippen molar-refractivity contribution in [1.29, 1.82) is 0 Å². The molecule has 17 nitrogen and oxygen atoms in total. The van der Waals surface area contributed by atoms with E-state index in [2.05, 4.69) is 69.1 Å². The number of aryl methyl sites for hydroxylation is 9. The maximum absolute atomic E-state index is 13.0. The Morgan fingerprint density at radius 2 is 0.750 bits per heavy atom. The van der Waals surface area contributed by atoms with Gasteiger partial charge in [-0.25, -0.2) is 29.3 Å². The van der Waals surface area contributed by atoms with E-state index in [9.17, 15) is 19.5 Å². The molecule has 0 saturated heterocycles. The largest absolute Gasteiger partial charge is 0.497 e. The minimum absolute atomic E-state index is 0.441. The Balaban J connectivity index is 0.000000212. The molecule has 1 N–H and O–H groups in total. The Bertz CT molecular complexity index is 3870. The third kappa shape index (κ3) is 14.4. The number of aliphatic carboxylic acids is 1. The van der Waals surface area contributed by atoms with E-state index in [1.807, 2.05) is 139 Å². The van der Waals surface area contributed by atoms with Crippen molar-refractivity contribution in [2.75, 3.05) is 28.4 Å². The first-order chi connectivity index (χ1) is 41.1. The number of halogens is 1. The summed E-state index contributed by atoms with van der Waals surface area (Å²) in [5.74, 6) is -0.439. The van der Waals surface area contributed by atoms with Gasteiger partial charge in [0, 0.05) is 97.8 Å². The van der Waals surface area contributed by atoms with E-state index in [4.69, 9.17) is 59.7 Å². The van der Waals surface area contributed by atoms with Crippen molar-refractivity contribution in [2.24, 2.45) is 0 Å². The molecule has 3 unspecified atom stereocenters. The second-order valence-corrected chi connectivity index (χ2v) is 25.4. The topological polar surface area (TPSA) is 190 Å². The van der Waals surface area contributed by atoms with Crippen LogP contribution in [0.5, 0.6) is 11.5 Å². The van der Waals surface area contributed by atoms with E-state index in [0.29, 0.717) is 27.5 Å². The average Bonchev–Trinajstić information content (AvgIpc) is 1.65. The van der Waals surface area contributed by atoms with Crippen LogP contribution in [0.25, 0.3) is 55.4 Å². The highest BCUT2D eigenvalue weighted by atomic mass is 35.5. The van der Waals surface area contributed by atoms with Gasteiger partial charge in [0.2, 0.25) is 0 Å². The highest BCUT2D eigenvalue weighted by molar-refractivity contribution is 6.36. The summed E-state index contributed by atoms with van der Waals surface area (Å²) in [6.07, 6.45) is -2.96. The van der Waals surface area contributed by atoms with Gasteiger partial charge >= 0.3 is 17.9 Å². The van der Waals surface area contributed by atoms with Crippen molar-refractivity contribution in [3.63, 3.8) is 0 Å². The van der Waals surface area contributed by atoms with Gasteiger partial charge in [-0.05, 0) is 197 Å². The number of carboxylic acids is 1. The molecule has 0 saturated carbocycles. The second-order valence-electron chi connectivity index (χ2n) is 25.0. The fourth-order valence-electron chi connectivity index (χ4n) is 11.5. The molecule has 8 rings (SSSR count). The molecule has 18 heteroatoms.